The number of amides is 1. The predicted molar refractivity (Wildman–Crippen MR) is 68.1 cm³/mol. The van der Waals surface area contributed by atoms with E-state index in [1.165, 1.54) is 0 Å². The monoisotopic (exact) mass is 232 g/mol. The molecule has 0 bridgehead atoms. The van der Waals surface area contributed by atoms with Crippen LogP contribution in [0.2, 0.25) is 0 Å². The third-order valence-electron chi connectivity index (χ3n) is 2.43. The lowest BCUT2D eigenvalue weighted by atomic mass is 10.2. The highest BCUT2D eigenvalue weighted by Gasteiger charge is 2.18. The summed E-state index contributed by atoms with van der Waals surface area (Å²) in [5.41, 5.74) is 5.85. The summed E-state index contributed by atoms with van der Waals surface area (Å²) in [4.78, 5) is 13.7. The van der Waals surface area contributed by atoms with Crippen LogP contribution in [0.5, 0.6) is 0 Å². The van der Waals surface area contributed by atoms with Gasteiger partial charge in [-0.15, -0.1) is 0 Å². The van der Waals surface area contributed by atoms with E-state index in [0.29, 0.717) is 0 Å². The van der Waals surface area contributed by atoms with Gasteiger partial charge in [0, 0.05) is 13.1 Å². The van der Waals surface area contributed by atoms with E-state index in [9.17, 15) is 4.79 Å². The molecule has 0 aliphatic rings. The third-order valence-corrected chi connectivity index (χ3v) is 3.07. The number of nitrogens with two attached hydrogens (primary N) is 1. The highest BCUT2D eigenvalue weighted by atomic mass is 32.2. The van der Waals surface area contributed by atoms with Gasteiger partial charge >= 0.3 is 0 Å². The van der Waals surface area contributed by atoms with E-state index >= 15 is 0 Å². The molecule has 1 amide bonds. The average Bonchev–Trinajstić information content (AvgIpc) is 2.26. The zero-order chi connectivity index (χ0) is 11.7. The molecule has 0 saturated heterocycles. The Morgan fingerprint density at radius 3 is 2.60 bits per heavy atom. The molecule has 0 heterocycles. The number of carbonyl (C=O) groups excluding carboxylic acids is 1. The van der Waals surface area contributed by atoms with E-state index in [-0.39, 0.29) is 11.9 Å². The molecular formula is C11H24N2OS. The predicted octanol–water partition coefficient (Wildman–Crippen LogP) is 1.72. The van der Waals surface area contributed by atoms with Gasteiger partial charge in [-0.25, -0.2) is 0 Å². The van der Waals surface area contributed by atoms with Crippen molar-refractivity contribution in [1.29, 1.82) is 0 Å². The zero-order valence-electron chi connectivity index (χ0n) is 10.2. The summed E-state index contributed by atoms with van der Waals surface area (Å²) in [5.74, 6) is 1.07. The molecule has 2 N–H and O–H groups in total. The Bertz CT molecular complexity index is 176. The topological polar surface area (TPSA) is 46.3 Å². The van der Waals surface area contributed by atoms with Gasteiger partial charge in [-0.2, -0.15) is 11.8 Å². The van der Waals surface area contributed by atoms with Crippen LogP contribution < -0.4 is 5.73 Å². The molecule has 0 saturated carbocycles. The lowest BCUT2D eigenvalue weighted by Gasteiger charge is -2.24. The van der Waals surface area contributed by atoms with Crippen molar-refractivity contribution >= 4 is 17.7 Å². The van der Waals surface area contributed by atoms with E-state index in [0.717, 1.165) is 38.1 Å². The molecule has 0 aromatic rings. The van der Waals surface area contributed by atoms with Crippen molar-refractivity contribution in [3.05, 3.63) is 0 Å². The van der Waals surface area contributed by atoms with E-state index in [2.05, 4.69) is 6.92 Å². The molecule has 0 fully saturated rings. The summed E-state index contributed by atoms with van der Waals surface area (Å²) in [6.07, 6.45) is 4.99. The molecule has 3 nitrogen and oxygen atoms in total. The maximum atomic E-state index is 11.9. The molecule has 0 aromatic carbocycles. The summed E-state index contributed by atoms with van der Waals surface area (Å²) in [7, 11) is 0. The highest BCUT2D eigenvalue weighted by Crippen LogP contribution is 2.04. The van der Waals surface area contributed by atoms with Gasteiger partial charge in [0.15, 0.2) is 0 Å². The molecule has 0 aromatic heterocycles. The first kappa shape index (κ1) is 14.8. The van der Waals surface area contributed by atoms with Crippen molar-refractivity contribution in [2.45, 2.75) is 39.2 Å². The summed E-state index contributed by atoms with van der Waals surface area (Å²) in [6.45, 7) is 5.76. The molecule has 0 radical (unpaired) electrons. The second kappa shape index (κ2) is 9.04. The van der Waals surface area contributed by atoms with Gasteiger partial charge in [0.05, 0.1) is 6.04 Å². The van der Waals surface area contributed by atoms with Crippen molar-refractivity contribution in [1.82, 2.24) is 4.90 Å². The molecule has 1 atom stereocenters. The Morgan fingerprint density at radius 1 is 1.47 bits per heavy atom. The Kier molecular flexibility index (Phi) is 8.91. The smallest absolute Gasteiger partial charge is 0.239 e. The Hall–Kier alpha value is -0.220. The largest absolute Gasteiger partial charge is 0.342 e. The molecular weight excluding hydrogens is 208 g/mol. The number of likely N-dealkylation sites (N-methyl/N-ethyl adjacent to an activating group) is 1. The SMILES string of the molecule is CCCCN(CC)C(=O)[C@@H](N)CCSC. The van der Waals surface area contributed by atoms with E-state index < -0.39 is 0 Å². The zero-order valence-corrected chi connectivity index (χ0v) is 11.0. The molecule has 0 aliphatic heterocycles. The van der Waals surface area contributed by atoms with Crippen LogP contribution in [0.25, 0.3) is 0 Å². The van der Waals surface area contributed by atoms with Crippen molar-refractivity contribution < 1.29 is 4.79 Å². The number of unbranched alkanes of at least 4 members (excludes halogenated alkanes) is 1. The number of carbonyl (C=O) groups is 1. The molecule has 0 rings (SSSR count). The van der Waals surface area contributed by atoms with Gasteiger partial charge in [0.25, 0.3) is 0 Å². The van der Waals surface area contributed by atoms with Crippen LogP contribution in [0.3, 0.4) is 0 Å². The average molecular weight is 232 g/mol. The second-order valence-corrected chi connectivity index (χ2v) is 4.65. The number of rotatable bonds is 8. The first-order valence-electron chi connectivity index (χ1n) is 5.70. The molecule has 15 heavy (non-hydrogen) atoms. The molecule has 90 valence electrons. The molecule has 4 heteroatoms. The van der Waals surface area contributed by atoms with Gasteiger partial charge in [-0.3, -0.25) is 4.79 Å². The van der Waals surface area contributed by atoms with Gasteiger partial charge in [0.2, 0.25) is 5.91 Å². The number of hydrogen-bond donors (Lipinski definition) is 1. The van der Waals surface area contributed by atoms with Crippen LogP contribution in [0.4, 0.5) is 0 Å². The maximum absolute atomic E-state index is 11.9. The maximum Gasteiger partial charge on any atom is 0.239 e. The van der Waals surface area contributed by atoms with E-state index in [1.54, 1.807) is 11.8 Å². The standard InChI is InChI=1S/C11H24N2OS/c1-4-6-8-13(5-2)11(14)10(12)7-9-15-3/h10H,4-9,12H2,1-3H3/t10-/m0/s1. The minimum absolute atomic E-state index is 0.111. The van der Waals surface area contributed by atoms with Crippen molar-refractivity contribution in [3.63, 3.8) is 0 Å². The fourth-order valence-corrected chi connectivity index (χ4v) is 1.87. The molecule has 0 aliphatic carbocycles. The lowest BCUT2D eigenvalue weighted by Crippen LogP contribution is -2.44. The van der Waals surface area contributed by atoms with Crippen molar-refractivity contribution in [2.24, 2.45) is 5.73 Å². The van der Waals surface area contributed by atoms with Gasteiger partial charge in [0.1, 0.15) is 0 Å². The Balaban J connectivity index is 4.00. The second-order valence-electron chi connectivity index (χ2n) is 3.66. The molecule has 0 spiro atoms. The van der Waals surface area contributed by atoms with Gasteiger partial charge < -0.3 is 10.6 Å². The first-order valence-corrected chi connectivity index (χ1v) is 7.10. The van der Waals surface area contributed by atoms with Crippen molar-refractivity contribution in [2.75, 3.05) is 25.1 Å². The lowest BCUT2D eigenvalue weighted by molar-refractivity contribution is -0.132. The quantitative estimate of drug-likeness (QED) is 0.693. The fourth-order valence-electron chi connectivity index (χ4n) is 1.38. The number of nitrogens with zero attached hydrogens (tertiary/aromatic N) is 1. The normalized spacial score (nSPS) is 12.5. The first-order chi connectivity index (χ1) is 7.17. The Labute approximate surface area is 97.8 Å². The van der Waals surface area contributed by atoms with Crippen LogP contribution in [-0.4, -0.2) is 41.9 Å². The highest BCUT2D eigenvalue weighted by molar-refractivity contribution is 7.98. The van der Waals surface area contributed by atoms with E-state index in [1.807, 2.05) is 18.1 Å². The summed E-state index contributed by atoms with van der Waals surface area (Å²) in [5, 5.41) is 0. The van der Waals surface area contributed by atoms with Gasteiger partial charge in [-0.1, -0.05) is 13.3 Å². The van der Waals surface area contributed by atoms with Crippen LogP contribution in [-0.2, 0) is 4.79 Å². The fraction of sp³-hybridized carbons (Fsp3) is 0.909. The van der Waals surface area contributed by atoms with Crippen molar-refractivity contribution in [3.8, 4) is 0 Å². The van der Waals surface area contributed by atoms with Gasteiger partial charge in [-0.05, 0) is 31.8 Å². The van der Waals surface area contributed by atoms with Crippen LogP contribution in [0, 0.1) is 0 Å². The Morgan fingerprint density at radius 2 is 2.13 bits per heavy atom. The van der Waals surface area contributed by atoms with E-state index in [4.69, 9.17) is 5.73 Å². The van der Waals surface area contributed by atoms with Crippen LogP contribution in [0.15, 0.2) is 0 Å². The van der Waals surface area contributed by atoms with Crippen LogP contribution >= 0.6 is 11.8 Å². The summed E-state index contributed by atoms with van der Waals surface area (Å²) < 4.78 is 0. The number of hydrogen-bond acceptors (Lipinski definition) is 3. The minimum Gasteiger partial charge on any atom is -0.342 e. The summed E-state index contributed by atoms with van der Waals surface area (Å²) >= 11 is 1.73. The molecule has 0 unspecified atom stereocenters. The van der Waals surface area contributed by atoms with Crippen LogP contribution in [0.1, 0.15) is 33.1 Å². The third kappa shape index (κ3) is 6.05. The minimum atomic E-state index is -0.311. The number of thioether (sulfide) groups is 1. The summed E-state index contributed by atoms with van der Waals surface area (Å²) in [6, 6.07) is -0.311.